The molecule has 11 nitrogen and oxygen atoms in total. The first-order chi connectivity index (χ1) is 12.5. The molecule has 26 heavy (non-hydrogen) atoms. The number of hydrogen-bond donors (Lipinski definition) is 6. The number of primary amides is 2. The smallest absolute Gasteiger partial charge is 0.254 e. The minimum atomic E-state index is -0.699. The highest BCUT2D eigenvalue weighted by atomic mass is 16.1. The van der Waals surface area contributed by atoms with E-state index in [1.165, 1.54) is 12.5 Å². The summed E-state index contributed by atoms with van der Waals surface area (Å²) in [5.41, 5.74) is 11.9. The molecule has 0 aliphatic rings. The van der Waals surface area contributed by atoms with Gasteiger partial charge in [-0.05, 0) is 24.3 Å². The first kappa shape index (κ1) is 18.3. The molecule has 0 unspecified atom stereocenters. The van der Waals surface area contributed by atoms with Gasteiger partial charge in [-0.15, -0.1) is 0 Å². The highest BCUT2D eigenvalue weighted by molar-refractivity contribution is 5.98. The van der Waals surface area contributed by atoms with E-state index in [0.29, 0.717) is 5.69 Å². The van der Waals surface area contributed by atoms with Crippen molar-refractivity contribution >= 4 is 47.6 Å². The first-order valence-electron chi connectivity index (χ1n) is 7.33. The molecule has 0 saturated carbocycles. The summed E-state index contributed by atoms with van der Waals surface area (Å²) in [5.74, 6) is -0.963. The van der Waals surface area contributed by atoms with E-state index in [2.05, 4.69) is 30.9 Å². The van der Waals surface area contributed by atoms with Crippen molar-refractivity contribution in [2.45, 2.75) is 0 Å². The van der Waals surface area contributed by atoms with Crippen molar-refractivity contribution in [1.82, 2.24) is 9.97 Å². The fourth-order valence-corrected chi connectivity index (χ4v) is 1.84. The second-order valence-corrected chi connectivity index (χ2v) is 4.89. The molecule has 11 heteroatoms. The van der Waals surface area contributed by atoms with Crippen LogP contribution in [-0.2, 0) is 4.79 Å². The molecule has 0 aliphatic heterocycles. The predicted octanol–water partition coefficient (Wildman–Crippen LogP) is 0.264. The molecule has 0 saturated heterocycles. The average molecular weight is 355 g/mol. The molecule has 2 rings (SSSR count). The number of nitrogens with two attached hydrogens (primary N) is 2. The monoisotopic (exact) mass is 355 g/mol. The zero-order valence-corrected chi connectivity index (χ0v) is 13.6. The van der Waals surface area contributed by atoms with E-state index in [1.54, 1.807) is 24.3 Å². The Morgan fingerprint density at radius 3 is 2.50 bits per heavy atom. The lowest BCUT2D eigenvalue weighted by Crippen LogP contribution is -2.23. The Balaban J connectivity index is 2.18. The number of carbonyl (C=O) groups excluding carboxylic acids is 2. The third kappa shape index (κ3) is 5.26. The fraction of sp³-hybridized carbons (Fsp3) is 0.0667. The summed E-state index contributed by atoms with van der Waals surface area (Å²) in [6, 6.07) is 7.00. The molecule has 1 heterocycles. The van der Waals surface area contributed by atoms with Crippen molar-refractivity contribution in [1.29, 1.82) is 5.41 Å². The summed E-state index contributed by atoms with van der Waals surface area (Å²) in [6.07, 6.45) is 3.54. The molecule has 0 radical (unpaired) electrons. The molecule has 0 spiro atoms. The lowest BCUT2D eigenvalue weighted by atomic mass is 10.2. The number of nitrogens with zero attached hydrogens (tertiary/aromatic N) is 3. The van der Waals surface area contributed by atoms with E-state index < -0.39 is 11.8 Å². The molecule has 0 bridgehead atoms. The highest BCUT2D eigenvalue weighted by Gasteiger charge is 2.12. The first-order valence-corrected chi connectivity index (χ1v) is 7.33. The van der Waals surface area contributed by atoms with Crippen LogP contribution in [0.5, 0.6) is 0 Å². The van der Waals surface area contributed by atoms with Gasteiger partial charge >= 0.3 is 0 Å². The van der Waals surface area contributed by atoms with Crippen LogP contribution >= 0.6 is 0 Å². The summed E-state index contributed by atoms with van der Waals surface area (Å²) in [5, 5.41) is 15.3. The van der Waals surface area contributed by atoms with Gasteiger partial charge in [0.05, 0.1) is 12.9 Å². The second-order valence-electron chi connectivity index (χ2n) is 4.89. The number of aromatic nitrogens is 2. The van der Waals surface area contributed by atoms with Gasteiger partial charge in [-0.2, -0.15) is 4.98 Å². The summed E-state index contributed by atoms with van der Waals surface area (Å²) < 4.78 is 0. The van der Waals surface area contributed by atoms with Crippen LogP contribution in [-0.4, -0.2) is 41.0 Å². The van der Waals surface area contributed by atoms with Gasteiger partial charge in [0, 0.05) is 17.6 Å². The Kier molecular flexibility index (Phi) is 6.15. The van der Waals surface area contributed by atoms with Gasteiger partial charge in [-0.1, -0.05) is 0 Å². The van der Waals surface area contributed by atoms with Gasteiger partial charge in [0.15, 0.2) is 0 Å². The summed E-state index contributed by atoms with van der Waals surface area (Å²) in [7, 11) is 0. The largest absolute Gasteiger partial charge is 0.368 e. The molecule has 1 aromatic carbocycles. The van der Waals surface area contributed by atoms with Crippen molar-refractivity contribution in [3.8, 4) is 0 Å². The lowest BCUT2D eigenvalue weighted by Gasteiger charge is -2.11. The lowest BCUT2D eigenvalue weighted by molar-refractivity contribution is -0.116. The van der Waals surface area contributed by atoms with Gasteiger partial charge in [0.2, 0.25) is 11.9 Å². The van der Waals surface area contributed by atoms with E-state index >= 15 is 0 Å². The maximum atomic E-state index is 11.6. The maximum absolute atomic E-state index is 11.6. The number of anilines is 4. The summed E-state index contributed by atoms with van der Waals surface area (Å²) in [6.45, 7) is -0.146. The van der Waals surface area contributed by atoms with Crippen LogP contribution in [0.4, 0.5) is 23.1 Å². The van der Waals surface area contributed by atoms with Crippen molar-refractivity contribution in [2.75, 3.05) is 22.5 Å². The number of nitrogens with one attached hydrogen (secondary N) is 4. The van der Waals surface area contributed by atoms with Crippen LogP contribution in [0, 0.1) is 5.41 Å². The van der Waals surface area contributed by atoms with Crippen LogP contribution in [0.1, 0.15) is 10.4 Å². The SMILES string of the molecule is N=C/N=C\Nc1ccc(Nc2nc(NCC(N)=O)ncc2C(N)=O)cc1. The zero-order valence-electron chi connectivity index (χ0n) is 13.6. The number of hydrogen-bond acceptors (Lipinski definition) is 7. The summed E-state index contributed by atoms with van der Waals surface area (Å²) >= 11 is 0. The normalized spacial score (nSPS) is 10.3. The Labute approximate surface area is 148 Å². The quantitative estimate of drug-likeness (QED) is 0.275. The fourth-order valence-electron chi connectivity index (χ4n) is 1.84. The second kappa shape index (κ2) is 8.73. The third-order valence-electron chi connectivity index (χ3n) is 3.00. The Morgan fingerprint density at radius 2 is 1.88 bits per heavy atom. The van der Waals surface area contributed by atoms with Gasteiger partial charge in [0.1, 0.15) is 17.7 Å². The van der Waals surface area contributed by atoms with E-state index in [-0.39, 0.29) is 23.9 Å². The van der Waals surface area contributed by atoms with E-state index in [0.717, 1.165) is 12.0 Å². The molecule has 0 fully saturated rings. The van der Waals surface area contributed by atoms with Crippen LogP contribution in [0.15, 0.2) is 35.5 Å². The standard InChI is InChI=1S/C15H17N9O2/c16-7-19-8-22-9-1-3-10(4-2-9)23-14-11(13(18)26)5-20-15(24-14)21-6-12(17)25/h1-5,7-8H,6H2,(H2,17,25)(H2,18,26)(H2,16,19,22)(H2,20,21,23,24). The maximum Gasteiger partial charge on any atom is 0.254 e. The average Bonchev–Trinajstić information content (AvgIpc) is 2.61. The van der Waals surface area contributed by atoms with Crippen molar-refractivity contribution in [2.24, 2.45) is 16.5 Å². The number of carbonyl (C=O) groups is 2. The van der Waals surface area contributed by atoms with E-state index in [1.807, 2.05) is 0 Å². The van der Waals surface area contributed by atoms with Crippen LogP contribution in [0.2, 0.25) is 0 Å². The minimum absolute atomic E-state index is 0.0925. The number of rotatable bonds is 9. The van der Waals surface area contributed by atoms with Crippen molar-refractivity contribution < 1.29 is 9.59 Å². The topological polar surface area (TPSA) is 184 Å². The van der Waals surface area contributed by atoms with E-state index in [9.17, 15) is 9.59 Å². The molecule has 1 aromatic heterocycles. The van der Waals surface area contributed by atoms with E-state index in [4.69, 9.17) is 16.9 Å². The molecule has 0 atom stereocenters. The van der Waals surface area contributed by atoms with Crippen LogP contribution in [0.25, 0.3) is 0 Å². The number of benzene rings is 1. The molecule has 0 aliphatic carbocycles. The Morgan fingerprint density at radius 1 is 1.19 bits per heavy atom. The molecule has 2 aromatic rings. The predicted molar refractivity (Wildman–Crippen MR) is 98.9 cm³/mol. The molecule has 134 valence electrons. The van der Waals surface area contributed by atoms with Gasteiger partial charge in [-0.25, -0.2) is 9.98 Å². The van der Waals surface area contributed by atoms with Crippen LogP contribution in [0.3, 0.4) is 0 Å². The van der Waals surface area contributed by atoms with Crippen LogP contribution < -0.4 is 27.4 Å². The molecular weight excluding hydrogens is 338 g/mol. The van der Waals surface area contributed by atoms with Crippen molar-refractivity contribution in [3.05, 3.63) is 36.0 Å². The molecule has 2 amide bonds. The third-order valence-corrected chi connectivity index (χ3v) is 3.00. The van der Waals surface area contributed by atoms with Crippen molar-refractivity contribution in [3.63, 3.8) is 0 Å². The zero-order chi connectivity index (χ0) is 18.9. The highest BCUT2D eigenvalue weighted by Crippen LogP contribution is 2.21. The minimum Gasteiger partial charge on any atom is -0.368 e. The number of amides is 2. The Hall–Kier alpha value is -4.02. The summed E-state index contributed by atoms with van der Waals surface area (Å²) in [4.78, 5) is 34.1. The van der Waals surface area contributed by atoms with Gasteiger partial charge in [-0.3, -0.25) is 15.0 Å². The molecular formula is C15H17N9O2. The number of aliphatic imine (C=N–C) groups is 1. The van der Waals surface area contributed by atoms with Gasteiger partial charge < -0.3 is 27.4 Å². The molecule has 8 N–H and O–H groups in total. The Bertz CT molecular complexity index is 834. The van der Waals surface area contributed by atoms with Gasteiger partial charge in [0.25, 0.3) is 5.91 Å².